The fraction of sp³-hybridized carbons (Fsp3) is 0.533. The molecule has 2 amide bonds. The first-order valence-corrected chi connectivity index (χ1v) is 7.15. The number of hydrogen-bond acceptors (Lipinski definition) is 2. The van der Waals surface area contributed by atoms with Crippen molar-refractivity contribution < 1.29 is 18.7 Å². The van der Waals surface area contributed by atoms with Crippen molar-refractivity contribution in [3.8, 4) is 0 Å². The molecule has 1 aromatic carbocycles. The van der Waals surface area contributed by atoms with Crippen molar-refractivity contribution in [3.05, 3.63) is 35.4 Å². The quantitative estimate of drug-likeness (QED) is 0.779. The van der Waals surface area contributed by atoms with Crippen molar-refractivity contribution in [1.29, 1.82) is 0 Å². The SMILES string of the molecule is O=C(NCCc1ccc(F)cc1F)NC1(CO)CCCC1. The van der Waals surface area contributed by atoms with Gasteiger partial charge in [-0.25, -0.2) is 13.6 Å². The van der Waals surface area contributed by atoms with E-state index in [0.717, 1.165) is 31.7 Å². The first-order chi connectivity index (χ1) is 10.0. The van der Waals surface area contributed by atoms with E-state index in [1.807, 2.05) is 0 Å². The summed E-state index contributed by atoms with van der Waals surface area (Å²) in [6.07, 6.45) is 3.79. The predicted octanol–water partition coefficient (Wildman–Crippen LogP) is 2.11. The Bertz CT molecular complexity index is 502. The number of rotatable bonds is 5. The highest BCUT2D eigenvalue weighted by molar-refractivity contribution is 5.74. The fourth-order valence-corrected chi connectivity index (χ4v) is 2.69. The van der Waals surface area contributed by atoms with Crippen LogP contribution >= 0.6 is 0 Å². The summed E-state index contributed by atoms with van der Waals surface area (Å²) < 4.78 is 26.2. The minimum atomic E-state index is -0.618. The van der Waals surface area contributed by atoms with Gasteiger partial charge in [0.1, 0.15) is 11.6 Å². The molecule has 0 unspecified atom stereocenters. The average molecular weight is 298 g/mol. The Balaban J connectivity index is 1.79. The summed E-state index contributed by atoms with van der Waals surface area (Å²) in [6.45, 7) is 0.170. The van der Waals surface area contributed by atoms with Gasteiger partial charge in [0.25, 0.3) is 0 Å². The largest absolute Gasteiger partial charge is 0.394 e. The minimum absolute atomic E-state index is 0.0764. The molecular weight excluding hydrogens is 278 g/mol. The lowest BCUT2D eigenvalue weighted by molar-refractivity contribution is 0.163. The number of aliphatic hydroxyl groups is 1. The van der Waals surface area contributed by atoms with Gasteiger partial charge in [0.15, 0.2) is 0 Å². The van der Waals surface area contributed by atoms with E-state index in [1.165, 1.54) is 12.1 Å². The summed E-state index contributed by atoms with van der Waals surface area (Å²) in [7, 11) is 0. The van der Waals surface area contributed by atoms with Gasteiger partial charge in [-0.2, -0.15) is 0 Å². The molecule has 0 atom stereocenters. The van der Waals surface area contributed by atoms with Crippen LogP contribution in [0.1, 0.15) is 31.2 Å². The zero-order chi connectivity index (χ0) is 15.3. The molecule has 0 bridgehead atoms. The van der Waals surface area contributed by atoms with Crippen molar-refractivity contribution >= 4 is 6.03 Å². The average Bonchev–Trinajstić information content (AvgIpc) is 2.90. The maximum Gasteiger partial charge on any atom is 0.315 e. The first-order valence-electron chi connectivity index (χ1n) is 7.15. The molecule has 21 heavy (non-hydrogen) atoms. The van der Waals surface area contributed by atoms with Gasteiger partial charge in [0, 0.05) is 12.6 Å². The normalized spacial score (nSPS) is 16.7. The Morgan fingerprint density at radius 3 is 2.62 bits per heavy atom. The third-order valence-electron chi connectivity index (χ3n) is 3.94. The van der Waals surface area contributed by atoms with E-state index in [-0.39, 0.29) is 25.6 Å². The Labute approximate surface area is 122 Å². The van der Waals surface area contributed by atoms with E-state index in [1.54, 1.807) is 0 Å². The zero-order valence-corrected chi connectivity index (χ0v) is 11.8. The second kappa shape index (κ2) is 6.85. The molecule has 2 rings (SSSR count). The standard InChI is InChI=1S/C15H20F2N2O2/c16-12-4-3-11(13(17)9-12)5-8-18-14(21)19-15(10-20)6-1-2-7-15/h3-4,9,20H,1-2,5-8,10H2,(H2,18,19,21). The van der Waals surface area contributed by atoms with Crippen LogP contribution in [0, 0.1) is 11.6 Å². The highest BCUT2D eigenvalue weighted by Crippen LogP contribution is 2.28. The summed E-state index contributed by atoms with van der Waals surface area (Å²) in [5.41, 5.74) is -0.167. The van der Waals surface area contributed by atoms with E-state index in [2.05, 4.69) is 10.6 Å². The highest BCUT2D eigenvalue weighted by Gasteiger charge is 2.34. The van der Waals surface area contributed by atoms with Crippen molar-refractivity contribution in [2.45, 2.75) is 37.6 Å². The van der Waals surface area contributed by atoms with E-state index in [4.69, 9.17) is 0 Å². The smallest absolute Gasteiger partial charge is 0.315 e. The van der Waals surface area contributed by atoms with Gasteiger partial charge in [0.2, 0.25) is 0 Å². The molecule has 4 nitrogen and oxygen atoms in total. The lowest BCUT2D eigenvalue weighted by Gasteiger charge is -2.28. The number of hydrogen-bond donors (Lipinski definition) is 3. The maximum absolute atomic E-state index is 13.4. The van der Waals surface area contributed by atoms with Gasteiger partial charge in [-0.1, -0.05) is 18.9 Å². The summed E-state index contributed by atoms with van der Waals surface area (Å²) in [6, 6.07) is 3.02. The van der Waals surface area contributed by atoms with E-state index >= 15 is 0 Å². The molecule has 1 aliphatic carbocycles. The number of amides is 2. The van der Waals surface area contributed by atoms with Gasteiger partial charge in [0.05, 0.1) is 12.1 Å². The Morgan fingerprint density at radius 2 is 2.00 bits per heavy atom. The van der Waals surface area contributed by atoms with Crippen LogP contribution in [0.15, 0.2) is 18.2 Å². The Hall–Kier alpha value is -1.69. The van der Waals surface area contributed by atoms with Crippen LogP contribution in [0.5, 0.6) is 0 Å². The third kappa shape index (κ3) is 4.14. The number of benzene rings is 1. The van der Waals surface area contributed by atoms with Crippen LogP contribution in [0.2, 0.25) is 0 Å². The number of carbonyl (C=O) groups is 1. The number of nitrogens with one attached hydrogen (secondary N) is 2. The molecule has 116 valence electrons. The Kier molecular flexibility index (Phi) is 5.12. The van der Waals surface area contributed by atoms with Crippen LogP contribution in [-0.4, -0.2) is 29.8 Å². The summed E-state index contributed by atoms with van der Waals surface area (Å²) in [5.74, 6) is -1.23. The number of urea groups is 1. The van der Waals surface area contributed by atoms with E-state index in [9.17, 15) is 18.7 Å². The molecule has 0 aromatic heterocycles. The molecule has 0 saturated heterocycles. The van der Waals surface area contributed by atoms with Gasteiger partial charge in [-0.3, -0.25) is 0 Å². The molecule has 0 radical (unpaired) electrons. The zero-order valence-electron chi connectivity index (χ0n) is 11.8. The van der Waals surface area contributed by atoms with Crippen LogP contribution in [-0.2, 0) is 6.42 Å². The lowest BCUT2D eigenvalue weighted by atomic mass is 9.99. The van der Waals surface area contributed by atoms with Gasteiger partial charge in [-0.15, -0.1) is 0 Å². The summed E-state index contributed by atoms with van der Waals surface area (Å²) >= 11 is 0. The molecule has 6 heteroatoms. The molecule has 1 fully saturated rings. The lowest BCUT2D eigenvalue weighted by Crippen LogP contribution is -2.53. The van der Waals surface area contributed by atoms with Crippen LogP contribution < -0.4 is 10.6 Å². The van der Waals surface area contributed by atoms with E-state index < -0.39 is 17.2 Å². The van der Waals surface area contributed by atoms with Crippen molar-refractivity contribution in [3.63, 3.8) is 0 Å². The van der Waals surface area contributed by atoms with Crippen molar-refractivity contribution in [1.82, 2.24) is 10.6 Å². The molecule has 3 N–H and O–H groups in total. The monoisotopic (exact) mass is 298 g/mol. The topological polar surface area (TPSA) is 61.4 Å². The first kappa shape index (κ1) is 15.7. The van der Waals surface area contributed by atoms with Gasteiger partial charge >= 0.3 is 6.03 Å². The molecule has 1 saturated carbocycles. The van der Waals surface area contributed by atoms with Crippen molar-refractivity contribution in [2.75, 3.05) is 13.2 Å². The third-order valence-corrected chi connectivity index (χ3v) is 3.94. The van der Waals surface area contributed by atoms with Gasteiger partial charge < -0.3 is 15.7 Å². The highest BCUT2D eigenvalue weighted by atomic mass is 19.1. The second-order valence-electron chi connectivity index (χ2n) is 5.51. The second-order valence-corrected chi connectivity index (χ2v) is 5.51. The predicted molar refractivity (Wildman–Crippen MR) is 74.9 cm³/mol. The number of aliphatic hydroxyl groups excluding tert-OH is 1. The minimum Gasteiger partial charge on any atom is -0.394 e. The van der Waals surface area contributed by atoms with Gasteiger partial charge in [-0.05, 0) is 30.9 Å². The molecule has 1 aliphatic rings. The number of carbonyl (C=O) groups excluding carboxylic acids is 1. The molecule has 0 heterocycles. The molecule has 0 spiro atoms. The van der Waals surface area contributed by atoms with Crippen molar-refractivity contribution in [2.24, 2.45) is 0 Å². The maximum atomic E-state index is 13.4. The van der Waals surface area contributed by atoms with E-state index in [0.29, 0.717) is 5.56 Å². The molecule has 0 aliphatic heterocycles. The summed E-state index contributed by atoms with van der Waals surface area (Å²) in [4.78, 5) is 11.8. The number of halogens is 2. The van der Waals surface area contributed by atoms with Crippen LogP contribution in [0.4, 0.5) is 13.6 Å². The molecule has 1 aromatic rings. The Morgan fingerprint density at radius 1 is 1.29 bits per heavy atom. The van der Waals surface area contributed by atoms with Crippen LogP contribution in [0.3, 0.4) is 0 Å². The molecular formula is C15H20F2N2O2. The fourth-order valence-electron chi connectivity index (χ4n) is 2.69. The summed E-state index contributed by atoms with van der Waals surface area (Å²) in [5, 5.41) is 14.8. The van der Waals surface area contributed by atoms with Crippen LogP contribution in [0.25, 0.3) is 0 Å².